The summed E-state index contributed by atoms with van der Waals surface area (Å²) in [5.74, 6) is 1.06. The van der Waals surface area contributed by atoms with Crippen LogP contribution in [0.4, 0.5) is 5.69 Å². The zero-order chi connectivity index (χ0) is 19.9. The summed E-state index contributed by atoms with van der Waals surface area (Å²) >= 11 is 6.27. The van der Waals surface area contributed by atoms with Crippen molar-refractivity contribution in [3.63, 3.8) is 0 Å². The minimum Gasteiger partial charge on any atom is -0.491 e. The number of carbonyl (C=O) groups is 1. The molecule has 0 bridgehead atoms. The lowest BCUT2D eigenvalue weighted by Crippen LogP contribution is -2.30. The summed E-state index contributed by atoms with van der Waals surface area (Å²) in [6, 6.07) is 13.9. The Kier molecular flexibility index (Phi) is 6.82. The van der Waals surface area contributed by atoms with Crippen LogP contribution in [0.3, 0.4) is 0 Å². The number of hydrogen-bond acceptors (Lipinski definition) is 4. The molecule has 2 aromatic carbocycles. The number of nitrogens with zero attached hydrogens (tertiary/aromatic N) is 1. The van der Waals surface area contributed by atoms with Crippen molar-refractivity contribution in [3.8, 4) is 11.5 Å². The average Bonchev–Trinajstić information content (AvgIpc) is 3.15. The number of amides is 1. The first-order valence-electron chi connectivity index (χ1n) is 9.39. The van der Waals surface area contributed by atoms with Gasteiger partial charge in [0.05, 0.1) is 18.7 Å². The lowest BCUT2D eigenvalue weighted by molar-refractivity contribution is -0.124. The zero-order valence-electron chi connectivity index (χ0n) is 16.2. The van der Waals surface area contributed by atoms with E-state index in [-0.39, 0.29) is 11.9 Å². The van der Waals surface area contributed by atoms with Gasteiger partial charge in [-0.05, 0) is 49.2 Å². The molecule has 0 saturated carbocycles. The van der Waals surface area contributed by atoms with Crippen molar-refractivity contribution in [2.24, 2.45) is 0 Å². The first-order chi connectivity index (χ1) is 13.6. The van der Waals surface area contributed by atoms with Gasteiger partial charge in [0.2, 0.25) is 5.91 Å². The molecular formula is C22H25ClN2O3. The normalized spacial score (nSPS) is 16.4. The van der Waals surface area contributed by atoms with E-state index in [9.17, 15) is 4.79 Å². The van der Waals surface area contributed by atoms with E-state index in [1.54, 1.807) is 25.3 Å². The van der Waals surface area contributed by atoms with Crippen molar-refractivity contribution >= 4 is 29.3 Å². The molecule has 0 aromatic heterocycles. The first kappa shape index (κ1) is 20.1. The van der Waals surface area contributed by atoms with Gasteiger partial charge in [-0.1, -0.05) is 29.8 Å². The summed E-state index contributed by atoms with van der Waals surface area (Å²) in [5.41, 5.74) is 1.87. The van der Waals surface area contributed by atoms with E-state index in [0.717, 1.165) is 24.2 Å². The van der Waals surface area contributed by atoms with Crippen LogP contribution in [-0.4, -0.2) is 43.7 Å². The third kappa shape index (κ3) is 4.98. The van der Waals surface area contributed by atoms with Gasteiger partial charge in [0.1, 0.15) is 0 Å². The maximum absolute atomic E-state index is 12.6. The van der Waals surface area contributed by atoms with Gasteiger partial charge < -0.3 is 19.7 Å². The Morgan fingerprint density at radius 3 is 2.82 bits per heavy atom. The SMILES string of the molecule is CCOc1cc(/C=C/C(=O)N2CCC(Nc3ccccc3)C2)cc(Cl)c1OC. The molecule has 28 heavy (non-hydrogen) atoms. The summed E-state index contributed by atoms with van der Waals surface area (Å²) in [4.78, 5) is 14.4. The average molecular weight is 401 g/mol. The maximum atomic E-state index is 12.6. The van der Waals surface area contributed by atoms with Gasteiger partial charge in [0.15, 0.2) is 11.5 Å². The van der Waals surface area contributed by atoms with Crippen molar-refractivity contribution in [3.05, 3.63) is 59.1 Å². The molecule has 1 aliphatic rings. The Labute approximate surface area is 170 Å². The monoisotopic (exact) mass is 400 g/mol. The molecule has 1 heterocycles. The van der Waals surface area contributed by atoms with Crippen LogP contribution in [0.1, 0.15) is 18.9 Å². The maximum Gasteiger partial charge on any atom is 0.246 e. The predicted molar refractivity (Wildman–Crippen MR) is 113 cm³/mol. The molecule has 0 radical (unpaired) electrons. The van der Waals surface area contributed by atoms with Crippen molar-refractivity contribution in [2.75, 3.05) is 32.1 Å². The fourth-order valence-corrected chi connectivity index (χ4v) is 3.56. The van der Waals surface area contributed by atoms with E-state index in [1.165, 1.54) is 0 Å². The smallest absolute Gasteiger partial charge is 0.246 e. The summed E-state index contributed by atoms with van der Waals surface area (Å²) in [7, 11) is 1.55. The Bertz CT molecular complexity index is 839. The van der Waals surface area contributed by atoms with Crippen molar-refractivity contribution < 1.29 is 14.3 Å². The molecule has 3 rings (SSSR count). The molecule has 1 N–H and O–H groups in total. The number of anilines is 1. The molecule has 148 valence electrons. The molecule has 6 heteroatoms. The third-order valence-corrected chi connectivity index (χ3v) is 4.88. The molecule has 0 spiro atoms. The molecule has 1 atom stereocenters. The van der Waals surface area contributed by atoms with Crippen LogP contribution in [0, 0.1) is 0 Å². The number of nitrogens with one attached hydrogen (secondary N) is 1. The quantitative estimate of drug-likeness (QED) is 0.696. The van der Waals surface area contributed by atoms with Crippen LogP contribution in [0.25, 0.3) is 6.08 Å². The van der Waals surface area contributed by atoms with Crippen LogP contribution in [0.2, 0.25) is 5.02 Å². The second-order valence-electron chi connectivity index (χ2n) is 6.58. The van der Waals surface area contributed by atoms with E-state index < -0.39 is 0 Å². The van der Waals surface area contributed by atoms with E-state index in [2.05, 4.69) is 5.32 Å². The molecular weight excluding hydrogens is 376 g/mol. The number of halogens is 1. The van der Waals surface area contributed by atoms with E-state index >= 15 is 0 Å². The fraction of sp³-hybridized carbons (Fsp3) is 0.318. The molecule has 2 aromatic rings. The summed E-state index contributed by atoms with van der Waals surface area (Å²) in [6.07, 6.45) is 4.27. The minimum absolute atomic E-state index is 0.0118. The fourth-order valence-electron chi connectivity index (χ4n) is 3.27. The van der Waals surface area contributed by atoms with Gasteiger partial charge in [-0.2, -0.15) is 0 Å². The number of rotatable bonds is 7. The Morgan fingerprint density at radius 2 is 2.11 bits per heavy atom. The molecule has 5 nitrogen and oxygen atoms in total. The Hall–Kier alpha value is -2.66. The summed E-state index contributed by atoms with van der Waals surface area (Å²) in [5, 5.41) is 3.93. The number of benzene rings is 2. The first-order valence-corrected chi connectivity index (χ1v) is 9.77. The van der Waals surface area contributed by atoms with E-state index in [0.29, 0.717) is 29.7 Å². The van der Waals surface area contributed by atoms with Gasteiger partial charge in [-0.15, -0.1) is 0 Å². The zero-order valence-corrected chi connectivity index (χ0v) is 16.9. The highest BCUT2D eigenvalue weighted by Gasteiger charge is 2.24. The van der Waals surface area contributed by atoms with Crippen LogP contribution < -0.4 is 14.8 Å². The van der Waals surface area contributed by atoms with Gasteiger partial charge in [-0.3, -0.25) is 4.79 Å². The van der Waals surface area contributed by atoms with E-state index in [4.69, 9.17) is 21.1 Å². The second kappa shape index (κ2) is 9.51. The second-order valence-corrected chi connectivity index (χ2v) is 6.99. The minimum atomic E-state index is -0.0118. The van der Waals surface area contributed by atoms with Crippen LogP contribution >= 0.6 is 11.6 Å². The number of para-hydroxylation sites is 1. The third-order valence-electron chi connectivity index (χ3n) is 4.60. The van der Waals surface area contributed by atoms with Crippen LogP contribution in [0.5, 0.6) is 11.5 Å². The number of methoxy groups -OCH3 is 1. The molecule has 1 saturated heterocycles. The topological polar surface area (TPSA) is 50.8 Å². The summed E-state index contributed by atoms with van der Waals surface area (Å²) in [6.45, 7) is 3.82. The highest BCUT2D eigenvalue weighted by molar-refractivity contribution is 6.32. The number of hydrogen-bond donors (Lipinski definition) is 1. The van der Waals surface area contributed by atoms with Crippen molar-refractivity contribution in [2.45, 2.75) is 19.4 Å². The number of ether oxygens (including phenoxy) is 2. The molecule has 1 unspecified atom stereocenters. The van der Waals surface area contributed by atoms with Gasteiger partial charge in [0, 0.05) is 30.9 Å². The van der Waals surface area contributed by atoms with Gasteiger partial charge >= 0.3 is 0 Å². The molecule has 1 aliphatic heterocycles. The van der Waals surface area contributed by atoms with E-state index in [1.807, 2.05) is 48.2 Å². The molecule has 1 amide bonds. The lowest BCUT2D eigenvalue weighted by Gasteiger charge is -2.16. The Morgan fingerprint density at radius 1 is 1.32 bits per heavy atom. The van der Waals surface area contributed by atoms with Crippen LogP contribution in [-0.2, 0) is 4.79 Å². The van der Waals surface area contributed by atoms with Gasteiger partial charge in [-0.25, -0.2) is 0 Å². The standard InChI is InChI=1S/C22H25ClN2O3/c1-3-28-20-14-16(13-19(23)22(20)27-2)9-10-21(26)25-12-11-18(15-25)24-17-7-5-4-6-8-17/h4-10,13-14,18,24H,3,11-12,15H2,1-2H3/b10-9+. The highest BCUT2D eigenvalue weighted by atomic mass is 35.5. The highest BCUT2D eigenvalue weighted by Crippen LogP contribution is 2.36. The Balaban J connectivity index is 1.62. The number of likely N-dealkylation sites (tertiary alicyclic amines) is 1. The van der Waals surface area contributed by atoms with Gasteiger partial charge in [0.25, 0.3) is 0 Å². The molecule has 1 fully saturated rings. The number of carbonyl (C=O) groups excluding carboxylic acids is 1. The van der Waals surface area contributed by atoms with Crippen molar-refractivity contribution in [1.29, 1.82) is 0 Å². The molecule has 0 aliphatic carbocycles. The van der Waals surface area contributed by atoms with Crippen LogP contribution in [0.15, 0.2) is 48.5 Å². The van der Waals surface area contributed by atoms with Crippen molar-refractivity contribution in [1.82, 2.24) is 4.90 Å². The summed E-state index contributed by atoms with van der Waals surface area (Å²) < 4.78 is 10.9. The predicted octanol–water partition coefficient (Wildman–Crippen LogP) is 4.47. The lowest BCUT2D eigenvalue weighted by atomic mass is 10.2. The largest absolute Gasteiger partial charge is 0.491 e.